The maximum atomic E-state index is 11.6. The van der Waals surface area contributed by atoms with E-state index in [0.717, 1.165) is 6.42 Å². The van der Waals surface area contributed by atoms with Gasteiger partial charge in [-0.2, -0.15) is 5.10 Å². The van der Waals surface area contributed by atoms with Crippen LogP contribution in [0.5, 0.6) is 0 Å². The molecule has 0 fully saturated rings. The maximum absolute atomic E-state index is 11.6. The van der Waals surface area contributed by atoms with E-state index in [2.05, 4.69) is 10.3 Å². The van der Waals surface area contributed by atoms with Gasteiger partial charge in [-0.25, -0.2) is 13.6 Å². The van der Waals surface area contributed by atoms with Crippen LogP contribution in [0.2, 0.25) is 0 Å². The molecule has 0 saturated heterocycles. The normalized spacial score (nSPS) is 19.6. The van der Waals surface area contributed by atoms with Crippen LogP contribution in [-0.4, -0.2) is 36.8 Å². The zero-order chi connectivity index (χ0) is 14.2. The third kappa shape index (κ3) is 2.56. The van der Waals surface area contributed by atoms with Gasteiger partial charge in [0.05, 0.1) is 5.69 Å². The van der Waals surface area contributed by atoms with Crippen molar-refractivity contribution in [3.05, 3.63) is 11.3 Å². The second-order valence-corrected chi connectivity index (χ2v) is 5.75. The van der Waals surface area contributed by atoms with Gasteiger partial charge in [0.25, 0.3) is 15.9 Å². The molecule has 9 heteroatoms. The summed E-state index contributed by atoms with van der Waals surface area (Å²) in [7, 11) is -2.43. The number of hydrogen-bond acceptors (Lipinski definition) is 6. The number of oxime groups is 1. The zero-order valence-corrected chi connectivity index (χ0v) is 11.8. The van der Waals surface area contributed by atoms with E-state index >= 15 is 0 Å². The highest BCUT2D eigenvalue weighted by Crippen LogP contribution is 2.22. The quantitative estimate of drug-likeness (QED) is 0.832. The van der Waals surface area contributed by atoms with Crippen LogP contribution in [0, 0.1) is 6.92 Å². The summed E-state index contributed by atoms with van der Waals surface area (Å²) < 4.78 is 30.1. The van der Waals surface area contributed by atoms with Gasteiger partial charge in [-0.3, -0.25) is 4.68 Å². The van der Waals surface area contributed by atoms with Crippen molar-refractivity contribution >= 4 is 15.9 Å². The summed E-state index contributed by atoms with van der Waals surface area (Å²) in [6.45, 7) is 3.93. The zero-order valence-electron chi connectivity index (χ0n) is 11.0. The first-order valence-electron chi connectivity index (χ1n) is 5.78. The number of ether oxygens (including phenoxy) is 1. The molecule has 1 aliphatic rings. The van der Waals surface area contributed by atoms with Crippen LogP contribution in [0.3, 0.4) is 0 Å². The SMILES string of the molecule is CCC1CON=C(c2c(C)nn(C)c2S(N)(=O)=O)O1. The predicted octanol–water partition coefficient (Wildman–Crippen LogP) is -0.137. The first kappa shape index (κ1) is 13.8. The van der Waals surface area contributed by atoms with Crippen LogP contribution < -0.4 is 5.14 Å². The minimum atomic E-state index is -3.93. The van der Waals surface area contributed by atoms with E-state index in [4.69, 9.17) is 14.7 Å². The molecule has 1 atom stereocenters. The lowest BCUT2D eigenvalue weighted by Gasteiger charge is -2.22. The molecular weight excluding hydrogens is 272 g/mol. The van der Waals surface area contributed by atoms with Crippen LogP contribution in [0.25, 0.3) is 0 Å². The Morgan fingerprint density at radius 1 is 1.53 bits per heavy atom. The molecule has 2 N–H and O–H groups in total. The summed E-state index contributed by atoms with van der Waals surface area (Å²) in [6.07, 6.45) is 0.559. The lowest BCUT2D eigenvalue weighted by Crippen LogP contribution is -2.29. The molecule has 1 aromatic rings. The molecule has 2 rings (SSSR count). The number of hydrogen-bond donors (Lipinski definition) is 1. The molecule has 1 aromatic heterocycles. The van der Waals surface area contributed by atoms with E-state index < -0.39 is 10.0 Å². The van der Waals surface area contributed by atoms with E-state index in [1.54, 1.807) is 6.92 Å². The molecule has 8 nitrogen and oxygen atoms in total. The summed E-state index contributed by atoms with van der Waals surface area (Å²) in [5.41, 5.74) is 0.716. The van der Waals surface area contributed by atoms with Gasteiger partial charge in [0.15, 0.2) is 11.6 Å². The molecule has 1 unspecified atom stereocenters. The molecule has 1 aliphatic heterocycles. The van der Waals surface area contributed by atoms with Gasteiger partial charge in [-0.15, -0.1) is 0 Å². The minimum Gasteiger partial charge on any atom is -0.468 e. The first-order valence-corrected chi connectivity index (χ1v) is 7.32. The third-order valence-electron chi connectivity index (χ3n) is 2.79. The molecule has 0 aromatic carbocycles. The summed E-state index contributed by atoms with van der Waals surface area (Å²) in [5.74, 6) is 0.104. The molecule has 0 radical (unpaired) electrons. The second-order valence-electron chi connectivity index (χ2n) is 4.27. The number of sulfonamides is 1. The topological polar surface area (TPSA) is 109 Å². The highest BCUT2D eigenvalue weighted by atomic mass is 32.2. The molecule has 0 amide bonds. The van der Waals surface area contributed by atoms with Crippen molar-refractivity contribution in [2.45, 2.75) is 31.4 Å². The number of aryl methyl sites for hydroxylation is 2. The Balaban J connectivity index is 2.54. The average Bonchev–Trinajstić information content (AvgIpc) is 2.64. The maximum Gasteiger partial charge on any atom is 0.262 e. The van der Waals surface area contributed by atoms with Crippen molar-refractivity contribution in [3.8, 4) is 0 Å². The number of primary sulfonamides is 1. The fraction of sp³-hybridized carbons (Fsp3) is 0.600. The van der Waals surface area contributed by atoms with Gasteiger partial charge in [-0.1, -0.05) is 6.92 Å². The van der Waals surface area contributed by atoms with Gasteiger partial charge < -0.3 is 9.57 Å². The standard InChI is InChI=1S/C10H16N4O4S/c1-4-7-5-17-13-9(18-7)8-6(2)12-14(3)10(8)19(11,15)16/h7H,4-5H2,1-3H3,(H2,11,15,16). The van der Waals surface area contributed by atoms with Crippen molar-refractivity contribution in [2.75, 3.05) is 6.61 Å². The smallest absolute Gasteiger partial charge is 0.262 e. The summed E-state index contributed by atoms with van der Waals surface area (Å²) in [5, 5.41) is 12.9. The third-order valence-corrected chi connectivity index (χ3v) is 3.80. The molecule has 0 aliphatic carbocycles. The Kier molecular flexibility index (Phi) is 3.50. The number of rotatable bonds is 3. The lowest BCUT2D eigenvalue weighted by molar-refractivity contribution is 0.00896. The average molecular weight is 288 g/mol. The van der Waals surface area contributed by atoms with Gasteiger partial charge in [0.2, 0.25) is 0 Å². The molecule has 0 saturated carbocycles. The second kappa shape index (κ2) is 4.82. The van der Waals surface area contributed by atoms with Crippen molar-refractivity contribution in [1.29, 1.82) is 0 Å². The number of nitrogens with two attached hydrogens (primary N) is 1. The molecule has 19 heavy (non-hydrogen) atoms. The summed E-state index contributed by atoms with van der Waals surface area (Å²) >= 11 is 0. The van der Waals surface area contributed by atoms with Crippen molar-refractivity contribution < 1.29 is 18.0 Å². The Labute approximate surface area is 111 Å². The Hall–Kier alpha value is -1.61. The van der Waals surface area contributed by atoms with Crippen LogP contribution in [0.15, 0.2) is 10.2 Å². The lowest BCUT2D eigenvalue weighted by atomic mass is 10.2. The van der Waals surface area contributed by atoms with E-state index in [9.17, 15) is 8.42 Å². The van der Waals surface area contributed by atoms with E-state index in [1.165, 1.54) is 11.7 Å². The van der Waals surface area contributed by atoms with Gasteiger partial charge in [0, 0.05) is 7.05 Å². The van der Waals surface area contributed by atoms with Crippen LogP contribution >= 0.6 is 0 Å². The van der Waals surface area contributed by atoms with E-state index in [-0.39, 0.29) is 22.6 Å². The van der Waals surface area contributed by atoms with E-state index in [0.29, 0.717) is 12.3 Å². The molecule has 0 spiro atoms. The Morgan fingerprint density at radius 2 is 2.21 bits per heavy atom. The Bertz CT molecular complexity index is 620. The van der Waals surface area contributed by atoms with Gasteiger partial charge in [0.1, 0.15) is 11.7 Å². The Morgan fingerprint density at radius 3 is 2.79 bits per heavy atom. The van der Waals surface area contributed by atoms with Crippen molar-refractivity contribution in [2.24, 2.45) is 17.3 Å². The van der Waals surface area contributed by atoms with E-state index in [1.807, 2.05) is 6.92 Å². The largest absolute Gasteiger partial charge is 0.468 e. The minimum absolute atomic E-state index is 0.104. The summed E-state index contributed by atoms with van der Waals surface area (Å²) in [6, 6.07) is 0. The number of aromatic nitrogens is 2. The van der Waals surface area contributed by atoms with Gasteiger partial charge >= 0.3 is 0 Å². The van der Waals surface area contributed by atoms with Crippen LogP contribution in [-0.2, 0) is 26.6 Å². The van der Waals surface area contributed by atoms with Gasteiger partial charge in [-0.05, 0) is 18.5 Å². The van der Waals surface area contributed by atoms with Crippen molar-refractivity contribution in [3.63, 3.8) is 0 Å². The fourth-order valence-electron chi connectivity index (χ4n) is 1.91. The van der Waals surface area contributed by atoms with Crippen LogP contribution in [0.1, 0.15) is 24.6 Å². The van der Waals surface area contributed by atoms with Crippen LogP contribution in [0.4, 0.5) is 0 Å². The molecule has 106 valence electrons. The first-order chi connectivity index (χ1) is 8.84. The monoisotopic (exact) mass is 288 g/mol. The molecular formula is C10H16N4O4S. The predicted molar refractivity (Wildman–Crippen MR) is 67.0 cm³/mol. The highest BCUT2D eigenvalue weighted by Gasteiger charge is 2.30. The summed E-state index contributed by atoms with van der Waals surface area (Å²) in [4.78, 5) is 5.06. The molecule has 2 heterocycles. The number of nitrogens with zero attached hydrogens (tertiary/aromatic N) is 3. The fourth-order valence-corrected chi connectivity index (χ4v) is 2.84. The van der Waals surface area contributed by atoms with Crippen molar-refractivity contribution in [1.82, 2.24) is 9.78 Å². The molecule has 0 bridgehead atoms. The highest BCUT2D eigenvalue weighted by molar-refractivity contribution is 7.89.